The molecule has 0 spiro atoms. The Kier molecular flexibility index (Phi) is 4.11. The van der Waals surface area contributed by atoms with Crippen molar-refractivity contribution in [2.24, 2.45) is 0 Å². The molecule has 0 amide bonds. The quantitative estimate of drug-likeness (QED) is 0.900. The van der Waals surface area contributed by atoms with Crippen LogP contribution in [0.5, 0.6) is 5.75 Å². The summed E-state index contributed by atoms with van der Waals surface area (Å²) in [5, 5.41) is 9.97. The number of hydrogen-bond donors (Lipinski definition) is 2. The lowest BCUT2D eigenvalue weighted by Gasteiger charge is -2.36. The van der Waals surface area contributed by atoms with Gasteiger partial charge in [-0.2, -0.15) is 0 Å². The van der Waals surface area contributed by atoms with E-state index in [-0.39, 0.29) is 0 Å². The molecular formula is C18H23N2O+. The molecule has 1 atom stereocenters. The molecule has 1 fully saturated rings. The number of nitrogens with zero attached hydrogens (tertiary/aromatic N) is 1. The van der Waals surface area contributed by atoms with Crippen molar-refractivity contribution in [2.45, 2.75) is 13.0 Å². The van der Waals surface area contributed by atoms with Crippen LogP contribution < -0.4 is 9.80 Å². The molecule has 3 rings (SSSR count). The summed E-state index contributed by atoms with van der Waals surface area (Å²) < 4.78 is 0. The van der Waals surface area contributed by atoms with Crippen molar-refractivity contribution in [1.82, 2.24) is 0 Å². The van der Waals surface area contributed by atoms with E-state index < -0.39 is 0 Å². The van der Waals surface area contributed by atoms with E-state index in [0.29, 0.717) is 11.8 Å². The zero-order valence-corrected chi connectivity index (χ0v) is 12.5. The number of piperazine rings is 1. The number of rotatable bonds is 3. The lowest BCUT2D eigenvalue weighted by molar-refractivity contribution is -0.930. The van der Waals surface area contributed by atoms with E-state index >= 15 is 0 Å². The first-order chi connectivity index (χ1) is 10.3. The van der Waals surface area contributed by atoms with Crippen LogP contribution in [0.4, 0.5) is 5.69 Å². The second kappa shape index (κ2) is 6.19. The van der Waals surface area contributed by atoms with E-state index in [0.717, 1.165) is 31.9 Å². The van der Waals surface area contributed by atoms with Crippen molar-refractivity contribution in [3.63, 3.8) is 0 Å². The molecule has 1 aliphatic rings. The van der Waals surface area contributed by atoms with Crippen LogP contribution in [0.25, 0.3) is 0 Å². The fourth-order valence-corrected chi connectivity index (χ4v) is 3.18. The molecule has 110 valence electrons. The van der Waals surface area contributed by atoms with Gasteiger partial charge >= 0.3 is 0 Å². The van der Waals surface area contributed by atoms with Gasteiger partial charge < -0.3 is 14.9 Å². The molecule has 0 radical (unpaired) electrons. The summed E-state index contributed by atoms with van der Waals surface area (Å²) in [6.45, 7) is 6.49. The third kappa shape index (κ3) is 3.03. The Morgan fingerprint density at radius 2 is 1.57 bits per heavy atom. The molecule has 1 saturated heterocycles. The van der Waals surface area contributed by atoms with E-state index in [9.17, 15) is 5.11 Å². The minimum absolute atomic E-state index is 0.386. The summed E-state index contributed by atoms with van der Waals surface area (Å²) in [5.74, 6) is 0.386. The van der Waals surface area contributed by atoms with Crippen molar-refractivity contribution in [3.05, 3.63) is 60.2 Å². The monoisotopic (exact) mass is 283 g/mol. The Hall–Kier alpha value is -2.00. The van der Waals surface area contributed by atoms with Crippen molar-refractivity contribution in [1.29, 1.82) is 0 Å². The van der Waals surface area contributed by atoms with Crippen LogP contribution in [0.15, 0.2) is 54.6 Å². The van der Waals surface area contributed by atoms with Gasteiger partial charge in [0.1, 0.15) is 11.8 Å². The average molecular weight is 283 g/mol. The maximum absolute atomic E-state index is 9.97. The molecular weight excluding hydrogens is 260 g/mol. The maximum atomic E-state index is 9.97. The smallest absolute Gasteiger partial charge is 0.138 e. The second-order valence-corrected chi connectivity index (χ2v) is 5.77. The summed E-state index contributed by atoms with van der Waals surface area (Å²) in [6.07, 6.45) is 0. The number of phenols is 1. The van der Waals surface area contributed by atoms with E-state index in [1.165, 1.54) is 5.56 Å². The van der Waals surface area contributed by atoms with Crippen molar-refractivity contribution < 1.29 is 10.0 Å². The summed E-state index contributed by atoms with van der Waals surface area (Å²) in [4.78, 5) is 3.91. The minimum atomic E-state index is 0.386. The molecule has 0 bridgehead atoms. The van der Waals surface area contributed by atoms with Gasteiger partial charge in [0.2, 0.25) is 0 Å². The fraction of sp³-hybridized carbons (Fsp3) is 0.333. The Balaban J connectivity index is 1.64. The number of quaternary nitrogens is 1. The summed E-state index contributed by atoms with van der Waals surface area (Å²) in [7, 11) is 0. The van der Waals surface area contributed by atoms with Gasteiger partial charge in [-0.3, -0.25) is 0 Å². The number of nitrogens with one attached hydrogen (secondary N) is 1. The standard InChI is InChI=1S/C18H22N2O/c1-15(16-7-3-2-4-8-16)19-11-13-20(14-12-19)17-9-5-6-10-18(17)21/h2-10,15,21H,11-14H2,1H3/p+1/t15-/m0/s1. The van der Waals surface area contributed by atoms with E-state index in [2.05, 4.69) is 42.2 Å². The lowest BCUT2D eigenvalue weighted by Crippen LogP contribution is -3.14. The highest BCUT2D eigenvalue weighted by Gasteiger charge is 2.26. The average Bonchev–Trinajstić information content (AvgIpc) is 2.56. The number of para-hydroxylation sites is 2. The van der Waals surface area contributed by atoms with Gasteiger partial charge in [0.15, 0.2) is 0 Å². The van der Waals surface area contributed by atoms with Crippen LogP contribution in [-0.4, -0.2) is 31.3 Å². The van der Waals surface area contributed by atoms with Crippen molar-refractivity contribution in [3.8, 4) is 5.75 Å². The molecule has 2 aromatic rings. The predicted octanol–water partition coefficient (Wildman–Crippen LogP) is 1.86. The first-order valence-electron chi connectivity index (χ1n) is 7.68. The van der Waals surface area contributed by atoms with Crippen molar-refractivity contribution >= 4 is 5.69 Å². The fourth-order valence-electron chi connectivity index (χ4n) is 3.18. The molecule has 1 aliphatic heterocycles. The van der Waals surface area contributed by atoms with Crippen molar-refractivity contribution in [2.75, 3.05) is 31.1 Å². The number of benzene rings is 2. The summed E-state index contributed by atoms with van der Waals surface area (Å²) in [6, 6.07) is 18.9. The SMILES string of the molecule is C[C@@H](c1ccccc1)[NH+]1CCN(c2ccccc2O)CC1. The molecule has 2 N–H and O–H groups in total. The van der Waals surface area contributed by atoms with E-state index in [4.69, 9.17) is 0 Å². The van der Waals surface area contributed by atoms with Crippen LogP contribution in [0.3, 0.4) is 0 Å². The Labute approximate surface area is 126 Å². The largest absolute Gasteiger partial charge is 0.506 e. The molecule has 0 aliphatic carbocycles. The number of aromatic hydroxyl groups is 1. The minimum Gasteiger partial charge on any atom is -0.506 e. The first kappa shape index (κ1) is 14.0. The lowest BCUT2D eigenvalue weighted by atomic mass is 10.1. The van der Waals surface area contributed by atoms with Gasteiger partial charge in [-0.15, -0.1) is 0 Å². The Morgan fingerprint density at radius 3 is 2.24 bits per heavy atom. The zero-order chi connectivity index (χ0) is 14.7. The highest BCUT2D eigenvalue weighted by molar-refractivity contribution is 5.57. The molecule has 3 nitrogen and oxygen atoms in total. The number of anilines is 1. The van der Waals surface area contributed by atoms with Crippen LogP contribution in [0.1, 0.15) is 18.5 Å². The highest BCUT2D eigenvalue weighted by atomic mass is 16.3. The zero-order valence-electron chi connectivity index (χ0n) is 12.5. The number of phenolic OH excluding ortho intramolecular Hbond substituents is 1. The number of hydrogen-bond acceptors (Lipinski definition) is 2. The van der Waals surface area contributed by atoms with Gasteiger partial charge in [0, 0.05) is 5.56 Å². The Morgan fingerprint density at radius 1 is 0.952 bits per heavy atom. The van der Waals surface area contributed by atoms with E-state index in [1.54, 1.807) is 11.0 Å². The third-order valence-electron chi connectivity index (χ3n) is 4.54. The normalized spacial score (nSPS) is 17.7. The van der Waals surface area contributed by atoms with Gasteiger partial charge in [0.05, 0.1) is 31.9 Å². The van der Waals surface area contributed by atoms with Gasteiger partial charge in [0.25, 0.3) is 0 Å². The molecule has 3 heteroatoms. The summed E-state index contributed by atoms with van der Waals surface area (Å²) >= 11 is 0. The molecule has 2 aromatic carbocycles. The third-order valence-corrected chi connectivity index (χ3v) is 4.54. The van der Waals surface area contributed by atoms with E-state index in [1.807, 2.05) is 18.2 Å². The second-order valence-electron chi connectivity index (χ2n) is 5.77. The van der Waals surface area contributed by atoms with Crippen LogP contribution in [0, 0.1) is 0 Å². The van der Waals surface area contributed by atoms with Gasteiger partial charge in [-0.1, -0.05) is 42.5 Å². The maximum Gasteiger partial charge on any atom is 0.138 e. The predicted molar refractivity (Wildman–Crippen MR) is 85.9 cm³/mol. The molecule has 21 heavy (non-hydrogen) atoms. The van der Waals surface area contributed by atoms with Gasteiger partial charge in [-0.25, -0.2) is 0 Å². The molecule has 0 saturated carbocycles. The molecule has 1 heterocycles. The summed E-state index contributed by atoms with van der Waals surface area (Å²) in [5.41, 5.74) is 2.37. The Bertz CT molecular complexity index is 577. The van der Waals surface area contributed by atoms with Crippen LogP contribution in [-0.2, 0) is 0 Å². The molecule has 0 aromatic heterocycles. The highest BCUT2D eigenvalue weighted by Crippen LogP contribution is 2.26. The molecule has 0 unspecified atom stereocenters. The topological polar surface area (TPSA) is 27.9 Å². The van der Waals surface area contributed by atoms with Crippen LogP contribution in [0.2, 0.25) is 0 Å². The van der Waals surface area contributed by atoms with Gasteiger partial charge in [-0.05, 0) is 19.1 Å². The first-order valence-corrected chi connectivity index (χ1v) is 7.68. The van der Waals surface area contributed by atoms with Crippen LogP contribution >= 0.6 is 0 Å².